The molecule has 1 heterocycles. The van der Waals surface area contributed by atoms with Crippen LogP contribution in [0.3, 0.4) is 0 Å². The molecule has 0 saturated carbocycles. The first-order valence-electron chi connectivity index (χ1n) is 6.64. The van der Waals surface area contributed by atoms with Crippen LogP contribution in [-0.4, -0.2) is 52.4 Å². The zero-order valence-electron chi connectivity index (χ0n) is 11.9. The monoisotopic (exact) mass is 294 g/mol. The summed E-state index contributed by atoms with van der Waals surface area (Å²) in [4.78, 5) is 24.8. The molecule has 21 heavy (non-hydrogen) atoms. The summed E-state index contributed by atoms with van der Waals surface area (Å²) in [6.07, 6.45) is -0.0640. The van der Waals surface area contributed by atoms with Gasteiger partial charge in [0.15, 0.2) is 5.75 Å². The predicted octanol–water partition coefficient (Wildman–Crippen LogP) is 1.73. The van der Waals surface area contributed by atoms with Crippen molar-refractivity contribution in [3.8, 4) is 5.75 Å². The topological polar surface area (TPSA) is 99.1 Å². The van der Waals surface area contributed by atoms with Gasteiger partial charge in [-0.05, 0) is 26.0 Å². The number of carboxylic acids is 1. The molecule has 2 unspecified atom stereocenters. The number of hydrogen-bond acceptors (Lipinski definition) is 4. The Morgan fingerprint density at radius 2 is 2.10 bits per heavy atom. The third-order valence-corrected chi connectivity index (χ3v) is 3.38. The van der Waals surface area contributed by atoms with Crippen molar-refractivity contribution < 1.29 is 24.5 Å². The number of amides is 2. The summed E-state index contributed by atoms with van der Waals surface area (Å²) >= 11 is 0. The molecule has 0 aliphatic carbocycles. The molecule has 114 valence electrons. The van der Waals surface area contributed by atoms with Crippen LogP contribution in [0.2, 0.25) is 0 Å². The number of nitrogens with zero attached hydrogens (tertiary/aromatic N) is 1. The standard InChI is InChI=1S/C14H18N2O5/c1-8-7-21-9(2)6-16(8)14(20)15-11-5-3-4-10(12(11)17)13(18)19/h3-5,8-9,17H,6-7H2,1-2H3,(H,15,20)(H,18,19). The zero-order chi connectivity index (χ0) is 15.6. The molecule has 1 aromatic rings. The van der Waals surface area contributed by atoms with Crippen molar-refractivity contribution in [2.24, 2.45) is 0 Å². The van der Waals surface area contributed by atoms with Gasteiger partial charge >= 0.3 is 12.0 Å². The summed E-state index contributed by atoms with van der Waals surface area (Å²) in [5.41, 5.74) is -0.178. The minimum absolute atomic E-state index is 0.0640. The lowest BCUT2D eigenvalue weighted by molar-refractivity contribution is -0.0296. The molecule has 7 nitrogen and oxygen atoms in total. The van der Waals surface area contributed by atoms with E-state index in [1.54, 1.807) is 4.90 Å². The van der Waals surface area contributed by atoms with Crippen LogP contribution >= 0.6 is 0 Å². The fourth-order valence-corrected chi connectivity index (χ4v) is 2.19. The van der Waals surface area contributed by atoms with E-state index in [4.69, 9.17) is 9.84 Å². The van der Waals surface area contributed by atoms with Gasteiger partial charge in [0.05, 0.1) is 24.4 Å². The minimum Gasteiger partial charge on any atom is -0.505 e. The van der Waals surface area contributed by atoms with Crippen LogP contribution in [0.25, 0.3) is 0 Å². The van der Waals surface area contributed by atoms with Crippen molar-refractivity contribution in [2.75, 3.05) is 18.5 Å². The third-order valence-electron chi connectivity index (χ3n) is 3.38. The number of carbonyl (C=O) groups excluding carboxylic acids is 1. The van der Waals surface area contributed by atoms with Gasteiger partial charge in [0.2, 0.25) is 0 Å². The first kappa shape index (κ1) is 15.1. The average molecular weight is 294 g/mol. The van der Waals surface area contributed by atoms with E-state index in [1.807, 2.05) is 13.8 Å². The summed E-state index contributed by atoms with van der Waals surface area (Å²) in [5, 5.41) is 21.4. The van der Waals surface area contributed by atoms with E-state index < -0.39 is 17.7 Å². The molecule has 2 rings (SSSR count). The maximum absolute atomic E-state index is 12.3. The number of nitrogens with one attached hydrogen (secondary N) is 1. The lowest BCUT2D eigenvalue weighted by Gasteiger charge is -2.36. The number of aromatic hydroxyl groups is 1. The van der Waals surface area contributed by atoms with Crippen LogP contribution in [0, 0.1) is 0 Å². The molecule has 1 saturated heterocycles. The first-order valence-corrected chi connectivity index (χ1v) is 6.64. The number of carboxylic acid groups (broad SMARTS) is 1. The number of urea groups is 1. The smallest absolute Gasteiger partial charge is 0.339 e. The van der Waals surface area contributed by atoms with Crippen LogP contribution in [0.1, 0.15) is 24.2 Å². The van der Waals surface area contributed by atoms with E-state index in [9.17, 15) is 14.7 Å². The Labute approximate surface area is 122 Å². The van der Waals surface area contributed by atoms with E-state index >= 15 is 0 Å². The van der Waals surface area contributed by atoms with Crippen LogP contribution in [0.15, 0.2) is 18.2 Å². The summed E-state index contributed by atoms with van der Waals surface area (Å²) in [7, 11) is 0. The van der Waals surface area contributed by atoms with Gasteiger partial charge in [-0.3, -0.25) is 0 Å². The molecule has 0 radical (unpaired) electrons. The highest BCUT2D eigenvalue weighted by molar-refractivity contribution is 5.97. The van der Waals surface area contributed by atoms with Crippen molar-refractivity contribution in [3.05, 3.63) is 23.8 Å². The number of ether oxygens (including phenoxy) is 1. The van der Waals surface area contributed by atoms with Gasteiger partial charge in [0.1, 0.15) is 5.56 Å². The van der Waals surface area contributed by atoms with Crippen LogP contribution in [0.4, 0.5) is 10.5 Å². The van der Waals surface area contributed by atoms with Gasteiger partial charge in [-0.2, -0.15) is 0 Å². The number of aromatic carboxylic acids is 1. The summed E-state index contributed by atoms with van der Waals surface area (Å²) < 4.78 is 5.45. The van der Waals surface area contributed by atoms with Crippen LogP contribution in [-0.2, 0) is 4.74 Å². The maximum atomic E-state index is 12.3. The average Bonchev–Trinajstić information content (AvgIpc) is 2.43. The van der Waals surface area contributed by atoms with Crippen molar-refractivity contribution in [1.29, 1.82) is 0 Å². The summed E-state index contributed by atoms with van der Waals surface area (Å²) in [5.74, 6) is -1.70. The second-order valence-corrected chi connectivity index (χ2v) is 5.08. The Kier molecular flexibility index (Phi) is 4.32. The number of benzene rings is 1. The molecular weight excluding hydrogens is 276 g/mol. The van der Waals surface area contributed by atoms with Gasteiger partial charge < -0.3 is 25.2 Å². The fourth-order valence-electron chi connectivity index (χ4n) is 2.19. The number of morpholine rings is 1. The highest BCUT2D eigenvalue weighted by Crippen LogP contribution is 2.28. The molecule has 2 atom stereocenters. The zero-order valence-corrected chi connectivity index (χ0v) is 11.9. The van der Waals surface area contributed by atoms with E-state index in [1.165, 1.54) is 18.2 Å². The Bertz CT molecular complexity index is 560. The Hall–Kier alpha value is -2.28. The molecule has 1 aliphatic heterocycles. The molecule has 0 spiro atoms. The molecule has 1 aliphatic rings. The molecular formula is C14H18N2O5. The van der Waals surface area contributed by atoms with Gasteiger partial charge in [0, 0.05) is 6.54 Å². The number of anilines is 1. The molecule has 1 fully saturated rings. The van der Waals surface area contributed by atoms with Gasteiger partial charge in [-0.25, -0.2) is 9.59 Å². The van der Waals surface area contributed by atoms with Gasteiger partial charge in [-0.1, -0.05) is 6.07 Å². The maximum Gasteiger partial charge on any atom is 0.339 e. The van der Waals surface area contributed by atoms with Gasteiger partial charge in [-0.15, -0.1) is 0 Å². The van der Waals surface area contributed by atoms with Crippen molar-refractivity contribution in [3.63, 3.8) is 0 Å². The highest BCUT2D eigenvalue weighted by Gasteiger charge is 2.28. The van der Waals surface area contributed by atoms with Gasteiger partial charge in [0.25, 0.3) is 0 Å². The quantitative estimate of drug-likeness (QED) is 0.721. The number of phenols is 1. The number of hydrogen-bond donors (Lipinski definition) is 3. The van der Waals surface area contributed by atoms with Crippen molar-refractivity contribution in [2.45, 2.75) is 26.0 Å². The predicted molar refractivity (Wildman–Crippen MR) is 75.7 cm³/mol. The lowest BCUT2D eigenvalue weighted by Crippen LogP contribution is -2.51. The van der Waals surface area contributed by atoms with Crippen molar-refractivity contribution in [1.82, 2.24) is 4.90 Å². The Morgan fingerprint density at radius 3 is 2.76 bits per heavy atom. The van der Waals surface area contributed by atoms with E-state index in [-0.39, 0.29) is 23.4 Å². The van der Waals surface area contributed by atoms with Crippen LogP contribution < -0.4 is 5.32 Å². The Balaban J connectivity index is 2.16. The van der Waals surface area contributed by atoms with Crippen molar-refractivity contribution >= 4 is 17.7 Å². The molecule has 2 amide bonds. The Morgan fingerprint density at radius 1 is 1.38 bits per heavy atom. The summed E-state index contributed by atoms with van der Waals surface area (Å²) in [6.45, 7) is 4.61. The summed E-state index contributed by atoms with van der Waals surface area (Å²) in [6, 6.07) is 3.70. The molecule has 7 heteroatoms. The first-order chi connectivity index (χ1) is 9.90. The lowest BCUT2D eigenvalue weighted by atomic mass is 10.1. The molecule has 0 aromatic heterocycles. The third kappa shape index (κ3) is 3.25. The largest absolute Gasteiger partial charge is 0.505 e. The number of para-hydroxylation sites is 1. The fraction of sp³-hybridized carbons (Fsp3) is 0.429. The SMILES string of the molecule is CC1CN(C(=O)Nc2cccc(C(=O)O)c2O)C(C)CO1. The second kappa shape index (κ2) is 6.01. The van der Waals surface area contributed by atoms with E-state index in [2.05, 4.69) is 5.32 Å². The number of carbonyl (C=O) groups is 2. The van der Waals surface area contributed by atoms with E-state index in [0.29, 0.717) is 13.2 Å². The normalized spacial score (nSPS) is 21.9. The molecule has 0 bridgehead atoms. The highest BCUT2D eigenvalue weighted by atomic mass is 16.5. The molecule has 1 aromatic carbocycles. The number of rotatable bonds is 2. The molecule has 3 N–H and O–H groups in total. The second-order valence-electron chi connectivity index (χ2n) is 5.08. The van der Waals surface area contributed by atoms with Crippen LogP contribution in [0.5, 0.6) is 5.75 Å². The van der Waals surface area contributed by atoms with E-state index in [0.717, 1.165) is 0 Å². The minimum atomic E-state index is -1.25.